The first kappa shape index (κ1) is 15.1. The van der Waals surface area contributed by atoms with E-state index in [2.05, 4.69) is 21.2 Å². The Kier molecular flexibility index (Phi) is 4.87. The van der Waals surface area contributed by atoms with Gasteiger partial charge in [0.2, 0.25) is 5.91 Å². The predicted octanol–water partition coefficient (Wildman–Crippen LogP) is 2.58. The van der Waals surface area contributed by atoms with Gasteiger partial charge in [-0.2, -0.15) is 0 Å². The van der Waals surface area contributed by atoms with Crippen LogP contribution in [0.4, 0.5) is 4.39 Å². The summed E-state index contributed by atoms with van der Waals surface area (Å²) in [4.78, 5) is 11.4. The average Bonchev–Trinajstić information content (AvgIpc) is 2.20. The number of primary amides is 1. The number of hydrogen-bond donors (Lipinski definition) is 2. The molecule has 1 amide bonds. The van der Waals surface area contributed by atoms with Crippen molar-refractivity contribution in [1.82, 2.24) is 5.32 Å². The number of amides is 1. The molecule has 1 rings (SSSR count). The van der Waals surface area contributed by atoms with Gasteiger partial charge in [-0.25, -0.2) is 4.39 Å². The fraction of sp³-hybridized carbons (Fsp3) is 0.462. The highest BCUT2D eigenvalue weighted by Gasteiger charge is 2.29. The van der Waals surface area contributed by atoms with E-state index < -0.39 is 11.9 Å². The SMILES string of the molecule is CC(C)(C)C(NCc1cc(Br)ccc1F)C(N)=O. The van der Waals surface area contributed by atoms with Crippen molar-refractivity contribution in [3.8, 4) is 0 Å². The third kappa shape index (κ3) is 4.07. The van der Waals surface area contributed by atoms with E-state index in [0.717, 1.165) is 4.47 Å². The molecule has 1 atom stereocenters. The maximum Gasteiger partial charge on any atom is 0.235 e. The smallest absolute Gasteiger partial charge is 0.235 e. The van der Waals surface area contributed by atoms with Crippen molar-refractivity contribution in [2.24, 2.45) is 11.1 Å². The maximum atomic E-state index is 13.5. The van der Waals surface area contributed by atoms with Gasteiger partial charge in [0.25, 0.3) is 0 Å². The molecule has 0 fully saturated rings. The molecule has 0 aromatic heterocycles. The summed E-state index contributed by atoms with van der Waals surface area (Å²) in [7, 11) is 0. The van der Waals surface area contributed by atoms with Crippen LogP contribution in [0, 0.1) is 11.2 Å². The Morgan fingerprint density at radius 1 is 1.50 bits per heavy atom. The summed E-state index contributed by atoms with van der Waals surface area (Å²) < 4.78 is 14.3. The first-order valence-corrected chi connectivity index (χ1v) is 6.47. The highest BCUT2D eigenvalue weighted by molar-refractivity contribution is 9.10. The molecule has 0 aliphatic heterocycles. The second-order valence-electron chi connectivity index (χ2n) is 5.32. The van der Waals surface area contributed by atoms with Crippen LogP contribution in [0.2, 0.25) is 0 Å². The van der Waals surface area contributed by atoms with Gasteiger partial charge >= 0.3 is 0 Å². The molecule has 100 valence electrons. The van der Waals surface area contributed by atoms with Crippen molar-refractivity contribution >= 4 is 21.8 Å². The quantitative estimate of drug-likeness (QED) is 0.897. The molecule has 1 aromatic carbocycles. The van der Waals surface area contributed by atoms with Gasteiger partial charge in [-0.05, 0) is 23.6 Å². The second kappa shape index (κ2) is 5.80. The van der Waals surface area contributed by atoms with Crippen LogP contribution < -0.4 is 11.1 Å². The Hall–Kier alpha value is -0.940. The fourth-order valence-corrected chi connectivity index (χ4v) is 2.13. The van der Waals surface area contributed by atoms with E-state index in [9.17, 15) is 9.18 Å². The lowest BCUT2D eigenvalue weighted by atomic mass is 9.86. The molecule has 0 bridgehead atoms. The number of carbonyl (C=O) groups excluding carboxylic acids is 1. The van der Waals surface area contributed by atoms with Crippen molar-refractivity contribution in [2.45, 2.75) is 33.4 Å². The fourth-order valence-electron chi connectivity index (χ4n) is 1.72. The maximum absolute atomic E-state index is 13.5. The summed E-state index contributed by atoms with van der Waals surface area (Å²) in [5.74, 6) is -0.735. The van der Waals surface area contributed by atoms with E-state index in [1.807, 2.05) is 20.8 Å². The van der Waals surface area contributed by atoms with E-state index in [4.69, 9.17) is 5.73 Å². The highest BCUT2D eigenvalue weighted by Crippen LogP contribution is 2.20. The summed E-state index contributed by atoms with van der Waals surface area (Å²) in [5.41, 5.74) is 5.54. The van der Waals surface area contributed by atoms with Crippen LogP contribution in [0.3, 0.4) is 0 Å². The van der Waals surface area contributed by atoms with Crippen molar-refractivity contribution in [2.75, 3.05) is 0 Å². The molecule has 0 saturated carbocycles. The molecule has 5 heteroatoms. The number of carbonyl (C=O) groups is 1. The molecule has 1 unspecified atom stereocenters. The first-order valence-electron chi connectivity index (χ1n) is 5.68. The van der Waals surface area contributed by atoms with Crippen LogP contribution in [0.25, 0.3) is 0 Å². The molecule has 0 heterocycles. The molecule has 1 aromatic rings. The minimum Gasteiger partial charge on any atom is -0.368 e. The molecule has 0 aliphatic rings. The third-order valence-corrected chi connectivity index (χ3v) is 3.15. The lowest BCUT2D eigenvalue weighted by Gasteiger charge is -2.29. The Morgan fingerprint density at radius 2 is 2.11 bits per heavy atom. The van der Waals surface area contributed by atoms with Crippen LogP contribution in [-0.2, 0) is 11.3 Å². The number of nitrogens with one attached hydrogen (secondary N) is 1. The van der Waals surface area contributed by atoms with Gasteiger partial charge in [0, 0.05) is 16.6 Å². The summed E-state index contributed by atoms with van der Waals surface area (Å²) in [6.45, 7) is 5.99. The van der Waals surface area contributed by atoms with Gasteiger partial charge in [-0.3, -0.25) is 4.79 Å². The van der Waals surface area contributed by atoms with E-state index in [-0.39, 0.29) is 17.8 Å². The zero-order valence-corrected chi connectivity index (χ0v) is 12.3. The van der Waals surface area contributed by atoms with Gasteiger partial charge < -0.3 is 11.1 Å². The summed E-state index contributed by atoms with van der Waals surface area (Å²) in [6, 6.07) is 4.20. The van der Waals surface area contributed by atoms with E-state index in [0.29, 0.717) is 5.56 Å². The Balaban J connectivity index is 2.79. The zero-order chi connectivity index (χ0) is 13.9. The van der Waals surface area contributed by atoms with Gasteiger partial charge in [0.05, 0.1) is 6.04 Å². The Bertz CT molecular complexity index is 443. The first-order chi connectivity index (χ1) is 8.21. The highest BCUT2D eigenvalue weighted by atomic mass is 79.9. The molecule has 0 aliphatic carbocycles. The zero-order valence-electron chi connectivity index (χ0n) is 10.8. The topological polar surface area (TPSA) is 55.1 Å². The van der Waals surface area contributed by atoms with Crippen LogP contribution in [0.5, 0.6) is 0 Å². The third-order valence-electron chi connectivity index (χ3n) is 2.65. The minimum atomic E-state index is -0.504. The van der Waals surface area contributed by atoms with Crippen LogP contribution in [-0.4, -0.2) is 11.9 Å². The molecular formula is C13H18BrFN2O. The number of nitrogens with two attached hydrogens (primary N) is 1. The molecule has 0 radical (unpaired) electrons. The molecule has 3 N–H and O–H groups in total. The number of halogens is 2. The lowest BCUT2D eigenvalue weighted by molar-refractivity contribution is -0.122. The number of benzene rings is 1. The lowest BCUT2D eigenvalue weighted by Crippen LogP contribution is -2.49. The standard InChI is InChI=1S/C13H18BrFN2O/c1-13(2,3)11(12(16)18)17-7-8-6-9(14)4-5-10(8)15/h4-6,11,17H,7H2,1-3H3,(H2,16,18). The van der Waals surface area contributed by atoms with E-state index in [1.165, 1.54) is 6.07 Å². The normalized spacial score (nSPS) is 13.4. The van der Waals surface area contributed by atoms with Crippen molar-refractivity contribution in [1.29, 1.82) is 0 Å². The Labute approximate surface area is 115 Å². The van der Waals surface area contributed by atoms with E-state index in [1.54, 1.807) is 12.1 Å². The van der Waals surface area contributed by atoms with Crippen LogP contribution in [0.15, 0.2) is 22.7 Å². The van der Waals surface area contributed by atoms with Gasteiger partial charge in [0.1, 0.15) is 5.82 Å². The van der Waals surface area contributed by atoms with Crippen LogP contribution in [0.1, 0.15) is 26.3 Å². The number of rotatable bonds is 4. The molecule has 18 heavy (non-hydrogen) atoms. The summed E-state index contributed by atoms with van der Waals surface area (Å²) in [5, 5.41) is 3.01. The van der Waals surface area contributed by atoms with Gasteiger partial charge in [0.15, 0.2) is 0 Å². The Morgan fingerprint density at radius 3 is 2.61 bits per heavy atom. The average molecular weight is 317 g/mol. The van der Waals surface area contributed by atoms with E-state index >= 15 is 0 Å². The predicted molar refractivity (Wildman–Crippen MR) is 73.4 cm³/mol. The minimum absolute atomic E-state index is 0.260. The van der Waals surface area contributed by atoms with Crippen molar-refractivity contribution in [3.63, 3.8) is 0 Å². The molecule has 3 nitrogen and oxygen atoms in total. The molecule has 0 spiro atoms. The largest absolute Gasteiger partial charge is 0.368 e. The summed E-state index contributed by atoms with van der Waals surface area (Å²) >= 11 is 3.29. The number of hydrogen-bond acceptors (Lipinski definition) is 2. The van der Waals surface area contributed by atoms with Gasteiger partial charge in [-0.15, -0.1) is 0 Å². The second-order valence-corrected chi connectivity index (χ2v) is 6.23. The monoisotopic (exact) mass is 316 g/mol. The van der Waals surface area contributed by atoms with Crippen molar-refractivity contribution < 1.29 is 9.18 Å². The van der Waals surface area contributed by atoms with Crippen molar-refractivity contribution in [3.05, 3.63) is 34.1 Å². The molecule has 0 saturated heterocycles. The van der Waals surface area contributed by atoms with Crippen LogP contribution >= 0.6 is 15.9 Å². The summed E-state index contributed by atoms with van der Waals surface area (Å²) in [6.07, 6.45) is 0. The molecular weight excluding hydrogens is 299 g/mol. The van der Waals surface area contributed by atoms with Gasteiger partial charge in [-0.1, -0.05) is 36.7 Å².